The lowest BCUT2D eigenvalue weighted by Crippen LogP contribution is -2.32. The fraction of sp³-hybridized carbons (Fsp3) is 0.923. The van der Waals surface area contributed by atoms with Gasteiger partial charge >= 0.3 is 0 Å². The standard InChI is InChI=1S/C13H25NO/c1-4-11(2)13(15)10-14(3)9-12-7-5-6-8-12/h11-12H,4-10H2,1-3H3. The van der Waals surface area contributed by atoms with Crippen molar-refractivity contribution in [1.82, 2.24) is 4.90 Å². The SMILES string of the molecule is CCC(C)C(=O)CN(C)CC1CCCC1. The number of likely N-dealkylation sites (N-methyl/N-ethyl adjacent to an activating group) is 1. The topological polar surface area (TPSA) is 20.3 Å². The predicted octanol–water partition coefficient (Wildman–Crippen LogP) is 2.72. The Morgan fingerprint density at radius 2 is 2.00 bits per heavy atom. The van der Waals surface area contributed by atoms with Crippen LogP contribution in [-0.2, 0) is 4.79 Å². The van der Waals surface area contributed by atoms with E-state index in [4.69, 9.17) is 0 Å². The maximum Gasteiger partial charge on any atom is 0.149 e. The third-order valence-corrected chi connectivity index (χ3v) is 3.63. The Morgan fingerprint density at radius 3 is 2.53 bits per heavy atom. The van der Waals surface area contributed by atoms with E-state index < -0.39 is 0 Å². The van der Waals surface area contributed by atoms with Crippen LogP contribution in [0, 0.1) is 11.8 Å². The maximum absolute atomic E-state index is 11.7. The number of hydrogen-bond acceptors (Lipinski definition) is 2. The van der Waals surface area contributed by atoms with E-state index in [0.717, 1.165) is 18.9 Å². The van der Waals surface area contributed by atoms with Gasteiger partial charge in [-0.05, 0) is 32.2 Å². The average molecular weight is 211 g/mol. The van der Waals surface area contributed by atoms with Crippen LogP contribution in [0.3, 0.4) is 0 Å². The fourth-order valence-electron chi connectivity index (χ4n) is 2.35. The van der Waals surface area contributed by atoms with Crippen LogP contribution in [0.4, 0.5) is 0 Å². The summed E-state index contributed by atoms with van der Waals surface area (Å²) in [6, 6.07) is 0. The molecule has 0 heterocycles. The second kappa shape index (κ2) is 6.26. The van der Waals surface area contributed by atoms with Gasteiger partial charge in [-0.2, -0.15) is 0 Å². The zero-order chi connectivity index (χ0) is 11.3. The molecule has 2 heteroatoms. The molecular formula is C13H25NO. The van der Waals surface area contributed by atoms with Crippen LogP contribution in [0.15, 0.2) is 0 Å². The van der Waals surface area contributed by atoms with Gasteiger partial charge < -0.3 is 0 Å². The van der Waals surface area contributed by atoms with Crippen LogP contribution in [-0.4, -0.2) is 30.8 Å². The van der Waals surface area contributed by atoms with Gasteiger partial charge in [0.1, 0.15) is 5.78 Å². The monoisotopic (exact) mass is 211 g/mol. The van der Waals surface area contributed by atoms with E-state index in [2.05, 4.69) is 18.9 Å². The highest BCUT2D eigenvalue weighted by Crippen LogP contribution is 2.25. The van der Waals surface area contributed by atoms with Gasteiger partial charge in [0.2, 0.25) is 0 Å². The Morgan fingerprint density at radius 1 is 1.40 bits per heavy atom. The van der Waals surface area contributed by atoms with Crippen molar-refractivity contribution in [1.29, 1.82) is 0 Å². The molecule has 15 heavy (non-hydrogen) atoms. The van der Waals surface area contributed by atoms with Crippen molar-refractivity contribution in [3.8, 4) is 0 Å². The number of rotatable bonds is 6. The quantitative estimate of drug-likeness (QED) is 0.673. The van der Waals surface area contributed by atoms with Crippen LogP contribution in [0.1, 0.15) is 46.0 Å². The summed E-state index contributed by atoms with van der Waals surface area (Å²) in [5.41, 5.74) is 0. The number of carbonyl (C=O) groups excluding carboxylic acids is 1. The summed E-state index contributed by atoms with van der Waals surface area (Å²) in [6.07, 6.45) is 6.47. The predicted molar refractivity (Wildman–Crippen MR) is 63.9 cm³/mol. The first-order valence-electron chi connectivity index (χ1n) is 6.34. The largest absolute Gasteiger partial charge is 0.299 e. The molecule has 1 fully saturated rings. The molecule has 1 aliphatic rings. The Hall–Kier alpha value is -0.370. The number of nitrogens with zero attached hydrogens (tertiary/aromatic N) is 1. The third-order valence-electron chi connectivity index (χ3n) is 3.63. The minimum atomic E-state index is 0.232. The first-order valence-corrected chi connectivity index (χ1v) is 6.34. The van der Waals surface area contributed by atoms with Crippen molar-refractivity contribution >= 4 is 5.78 Å². The van der Waals surface area contributed by atoms with E-state index in [-0.39, 0.29) is 5.92 Å². The Balaban J connectivity index is 2.22. The summed E-state index contributed by atoms with van der Waals surface area (Å²) in [4.78, 5) is 13.9. The van der Waals surface area contributed by atoms with E-state index in [1.807, 2.05) is 6.92 Å². The lowest BCUT2D eigenvalue weighted by Gasteiger charge is -2.21. The zero-order valence-corrected chi connectivity index (χ0v) is 10.5. The molecule has 1 aliphatic carbocycles. The van der Waals surface area contributed by atoms with E-state index in [9.17, 15) is 4.79 Å². The van der Waals surface area contributed by atoms with Crippen molar-refractivity contribution in [3.05, 3.63) is 0 Å². The molecule has 0 aromatic carbocycles. The summed E-state index contributed by atoms with van der Waals surface area (Å²) in [7, 11) is 2.08. The molecule has 1 unspecified atom stereocenters. The highest BCUT2D eigenvalue weighted by Gasteiger charge is 2.19. The van der Waals surface area contributed by atoms with Gasteiger partial charge in [0.05, 0.1) is 6.54 Å². The second-order valence-corrected chi connectivity index (χ2v) is 5.12. The normalized spacial score (nSPS) is 19.7. The average Bonchev–Trinajstić information content (AvgIpc) is 2.68. The molecular weight excluding hydrogens is 186 g/mol. The van der Waals surface area contributed by atoms with Crippen molar-refractivity contribution in [2.24, 2.45) is 11.8 Å². The molecule has 2 nitrogen and oxygen atoms in total. The Bertz CT molecular complexity index is 197. The molecule has 0 saturated heterocycles. The lowest BCUT2D eigenvalue weighted by atomic mass is 10.0. The summed E-state index contributed by atoms with van der Waals surface area (Å²) >= 11 is 0. The molecule has 0 bridgehead atoms. The molecule has 0 aromatic rings. The third kappa shape index (κ3) is 4.33. The first kappa shape index (κ1) is 12.7. The minimum Gasteiger partial charge on any atom is -0.299 e. The number of hydrogen-bond donors (Lipinski definition) is 0. The molecule has 0 radical (unpaired) electrons. The summed E-state index contributed by atoms with van der Waals surface area (Å²) in [5, 5.41) is 0. The van der Waals surface area contributed by atoms with Crippen LogP contribution >= 0.6 is 0 Å². The highest BCUT2D eigenvalue weighted by atomic mass is 16.1. The van der Waals surface area contributed by atoms with Crippen molar-refractivity contribution in [2.45, 2.75) is 46.0 Å². The molecule has 0 aliphatic heterocycles. The molecule has 0 spiro atoms. The van der Waals surface area contributed by atoms with Gasteiger partial charge in [-0.15, -0.1) is 0 Å². The van der Waals surface area contributed by atoms with Crippen molar-refractivity contribution in [3.63, 3.8) is 0 Å². The van der Waals surface area contributed by atoms with Crippen LogP contribution in [0.5, 0.6) is 0 Å². The maximum atomic E-state index is 11.7. The first-order chi connectivity index (χ1) is 7.13. The number of ketones is 1. The molecule has 0 amide bonds. The molecule has 0 aromatic heterocycles. The zero-order valence-electron chi connectivity index (χ0n) is 10.5. The van der Waals surface area contributed by atoms with E-state index in [1.54, 1.807) is 0 Å². The van der Waals surface area contributed by atoms with Crippen LogP contribution in [0.2, 0.25) is 0 Å². The second-order valence-electron chi connectivity index (χ2n) is 5.12. The number of Topliss-reactive ketones (excluding diaryl/α,β-unsaturated/α-hetero) is 1. The van der Waals surface area contributed by atoms with Crippen LogP contribution in [0.25, 0.3) is 0 Å². The van der Waals surface area contributed by atoms with Crippen molar-refractivity contribution in [2.75, 3.05) is 20.1 Å². The molecule has 1 saturated carbocycles. The summed E-state index contributed by atoms with van der Waals surface area (Å²) in [6.45, 7) is 5.87. The Labute approximate surface area is 94.0 Å². The molecule has 0 N–H and O–H groups in total. The van der Waals surface area contributed by atoms with Gasteiger partial charge in [-0.25, -0.2) is 0 Å². The Kier molecular flexibility index (Phi) is 5.30. The lowest BCUT2D eigenvalue weighted by molar-refractivity contribution is -0.123. The summed E-state index contributed by atoms with van der Waals surface area (Å²) < 4.78 is 0. The van der Waals surface area contributed by atoms with E-state index in [1.165, 1.54) is 25.7 Å². The van der Waals surface area contributed by atoms with Gasteiger partial charge in [0.15, 0.2) is 0 Å². The van der Waals surface area contributed by atoms with Crippen molar-refractivity contribution < 1.29 is 4.79 Å². The van der Waals surface area contributed by atoms with Gasteiger partial charge in [0.25, 0.3) is 0 Å². The van der Waals surface area contributed by atoms with E-state index in [0.29, 0.717) is 12.3 Å². The van der Waals surface area contributed by atoms with Gasteiger partial charge in [-0.1, -0.05) is 26.7 Å². The van der Waals surface area contributed by atoms with E-state index >= 15 is 0 Å². The smallest absolute Gasteiger partial charge is 0.149 e. The molecule has 88 valence electrons. The molecule has 1 rings (SSSR count). The van der Waals surface area contributed by atoms with Crippen LogP contribution < -0.4 is 0 Å². The number of carbonyl (C=O) groups is 1. The molecule has 1 atom stereocenters. The fourth-order valence-corrected chi connectivity index (χ4v) is 2.35. The van der Waals surface area contributed by atoms with Gasteiger partial charge in [0, 0.05) is 12.5 Å². The minimum absolute atomic E-state index is 0.232. The van der Waals surface area contributed by atoms with Gasteiger partial charge in [-0.3, -0.25) is 9.69 Å². The highest BCUT2D eigenvalue weighted by molar-refractivity contribution is 5.82. The summed E-state index contributed by atoms with van der Waals surface area (Å²) in [5.74, 6) is 1.48.